The van der Waals surface area contributed by atoms with Crippen molar-refractivity contribution in [1.82, 2.24) is 8.96 Å². The van der Waals surface area contributed by atoms with Crippen LogP contribution in [0.5, 0.6) is 0 Å². The molecule has 4 rings (SSSR count). The van der Waals surface area contributed by atoms with Gasteiger partial charge >= 0.3 is 12.1 Å². The zero-order valence-corrected chi connectivity index (χ0v) is 22.3. The molecule has 1 N–H and O–H groups in total. The summed E-state index contributed by atoms with van der Waals surface area (Å²) in [5.74, 6) is -1.17. The molecule has 2 aromatic heterocycles. The summed E-state index contributed by atoms with van der Waals surface area (Å²) < 4.78 is 69.8. The van der Waals surface area contributed by atoms with Gasteiger partial charge in [0, 0.05) is 29.4 Å². The fraction of sp³-hybridized carbons (Fsp3) is 0.241. The Hall–Kier alpha value is -3.92. The fourth-order valence-corrected chi connectivity index (χ4v) is 6.26. The minimum Gasteiger partial charge on any atom is -0.478 e. The smallest absolute Gasteiger partial charge is 0.416 e. The van der Waals surface area contributed by atoms with Crippen LogP contribution in [0.4, 0.5) is 13.2 Å². The molecule has 0 aliphatic heterocycles. The van der Waals surface area contributed by atoms with Crippen LogP contribution in [-0.4, -0.2) is 28.5 Å². The number of pyridine rings is 1. The molecule has 6 nitrogen and oxygen atoms in total. The Bertz CT molecular complexity index is 1670. The van der Waals surface area contributed by atoms with E-state index < -0.39 is 33.0 Å². The van der Waals surface area contributed by atoms with Crippen molar-refractivity contribution >= 4 is 26.9 Å². The molecular weight excluding hydrogens is 529 g/mol. The van der Waals surface area contributed by atoms with Gasteiger partial charge in [0.05, 0.1) is 16.6 Å². The van der Waals surface area contributed by atoms with Crippen molar-refractivity contribution in [1.29, 1.82) is 0 Å². The quantitative estimate of drug-likeness (QED) is 0.255. The van der Waals surface area contributed by atoms with Crippen molar-refractivity contribution in [3.63, 3.8) is 0 Å². The number of halogens is 3. The first-order valence-electron chi connectivity index (χ1n) is 12.0. The van der Waals surface area contributed by atoms with Crippen molar-refractivity contribution < 1.29 is 31.5 Å². The molecule has 0 aliphatic rings. The molecule has 0 spiro atoms. The molecule has 1 unspecified atom stereocenters. The maximum Gasteiger partial charge on any atom is 0.416 e. The second-order valence-corrected chi connectivity index (χ2v) is 12.2. The third kappa shape index (κ3) is 5.61. The van der Waals surface area contributed by atoms with Gasteiger partial charge in [-0.25, -0.2) is 17.2 Å². The number of benzene rings is 2. The Balaban J connectivity index is 1.91. The number of carboxylic acid groups (broad SMARTS) is 1. The number of hydrogen-bond acceptors (Lipinski definition) is 4. The van der Waals surface area contributed by atoms with E-state index in [0.717, 1.165) is 33.9 Å². The molecular formula is C29H27F3N2O4S. The van der Waals surface area contributed by atoms with E-state index in [2.05, 4.69) is 11.6 Å². The summed E-state index contributed by atoms with van der Waals surface area (Å²) in [6.45, 7) is 9.77. The Morgan fingerprint density at radius 2 is 1.77 bits per heavy atom. The molecule has 0 saturated carbocycles. The third-order valence-electron chi connectivity index (χ3n) is 6.46. The van der Waals surface area contributed by atoms with E-state index >= 15 is 0 Å². The van der Waals surface area contributed by atoms with Crippen LogP contribution in [0.3, 0.4) is 0 Å². The number of hydrogen-bond donors (Lipinski definition) is 1. The van der Waals surface area contributed by atoms with E-state index in [4.69, 9.17) is 5.11 Å². The maximum absolute atomic E-state index is 14.2. The Morgan fingerprint density at radius 1 is 1.05 bits per heavy atom. The summed E-state index contributed by atoms with van der Waals surface area (Å²) in [4.78, 5) is 15.3. The van der Waals surface area contributed by atoms with Crippen LogP contribution in [0.25, 0.3) is 10.9 Å². The van der Waals surface area contributed by atoms with E-state index in [9.17, 15) is 26.4 Å². The van der Waals surface area contributed by atoms with Gasteiger partial charge in [0.1, 0.15) is 5.25 Å². The highest BCUT2D eigenvalue weighted by molar-refractivity contribution is 7.90. The summed E-state index contributed by atoms with van der Waals surface area (Å²) in [6.07, 6.45) is -2.23. The van der Waals surface area contributed by atoms with Gasteiger partial charge in [0.25, 0.3) is 0 Å². The monoisotopic (exact) mass is 556 g/mol. The number of aromatic carboxylic acids is 1. The molecule has 4 aromatic rings. The largest absolute Gasteiger partial charge is 0.478 e. The Morgan fingerprint density at radius 3 is 2.33 bits per heavy atom. The van der Waals surface area contributed by atoms with E-state index in [-0.39, 0.29) is 34.0 Å². The van der Waals surface area contributed by atoms with Crippen LogP contribution in [0.2, 0.25) is 0 Å². The van der Waals surface area contributed by atoms with Crippen molar-refractivity contribution in [2.75, 3.05) is 0 Å². The molecule has 0 fully saturated rings. The van der Waals surface area contributed by atoms with Crippen molar-refractivity contribution in [3.05, 3.63) is 113 Å². The van der Waals surface area contributed by atoms with Crippen LogP contribution in [0.1, 0.15) is 64.5 Å². The highest BCUT2D eigenvalue weighted by Crippen LogP contribution is 2.36. The highest BCUT2D eigenvalue weighted by Gasteiger charge is 2.34. The minimum absolute atomic E-state index is 0.0489. The predicted octanol–water partition coefficient (Wildman–Crippen LogP) is 6.75. The van der Waals surface area contributed by atoms with Gasteiger partial charge in [0.2, 0.25) is 10.0 Å². The van der Waals surface area contributed by atoms with Crippen molar-refractivity contribution in [2.45, 2.75) is 44.0 Å². The highest BCUT2D eigenvalue weighted by atomic mass is 32.2. The number of carbonyl (C=O) groups is 1. The third-order valence-corrected chi connectivity index (χ3v) is 8.51. The van der Waals surface area contributed by atoms with Crippen LogP contribution in [0, 0.1) is 0 Å². The number of carboxylic acids is 1. The average molecular weight is 557 g/mol. The van der Waals surface area contributed by atoms with Gasteiger partial charge in [-0.3, -0.25) is 4.98 Å². The summed E-state index contributed by atoms with van der Waals surface area (Å²) >= 11 is 0. The van der Waals surface area contributed by atoms with Gasteiger partial charge in [0.15, 0.2) is 0 Å². The molecule has 10 heteroatoms. The van der Waals surface area contributed by atoms with Crippen LogP contribution >= 0.6 is 0 Å². The lowest BCUT2D eigenvalue weighted by molar-refractivity contribution is -0.137. The van der Waals surface area contributed by atoms with Crippen LogP contribution < -0.4 is 0 Å². The number of rotatable bonds is 7. The molecule has 2 heterocycles. The normalized spacial score (nSPS) is 13.4. The SMILES string of the molecule is C=CC(c1cccc(C(C)(C)C)c1)S(=O)(=O)n1c(Cc2ccc(C(=O)O)cn2)cc2cc(C(F)(F)F)ccc21. The zero-order chi connectivity index (χ0) is 28.8. The standard InChI is InChI=1S/C29H27F3N2O4S/c1-5-26(18-7-6-8-21(13-18)28(2,3)4)39(37,38)34-24(16-23-11-9-19(17-33-23)27(35)36)15-20-14-22(29(30,31)32)10-12-25(20)34/h5-15,17,26H,1,16H2,2-4H3,(H,35,36). The molecule has 204 valence electrons. The second-order valence-electron chi connectivity index (χ2n) is 10.3. The van der Waals surface area contributed by atoms with E-state index in [1.807, 2.05) is 26.8 Å². The number of nitrogens with zero attached hydrogens (tertiary/aromatic N) is 2. The Kier molecular flexibility index (Phi) is 7.20. The van der Waals surface area contributed by atoms with Crippen molar-refractivity contribution in [3.8, 4) is 0 Å². The molecule has 0 saturated heterocycles. The molecule has 0 amide bonds. The van der Waals surface area contributed by atoms with Crippen LogP contribution in [0.15, 0.2) is 79.5 Å². The first-order valence-corrected chi connectivity index (χ1v) is 13.5. The van der Waals surface area contributed by atoms with Gasteiger partial charge in [-0.1, -0.05) is 51.1 Å². The molecule has 1 atom stereocenters. The van der Waals surface area contributed by atoms with Gasteiger partial charge in [-0.2, -0.15) is 13.2 Å². The minimum atomic E-state index is -4.61. The summed E-state index contributed by atoms with van der Waals surface area (Å²) in [7, 11) is -4.27. The maximum atomic E-state index is 14.2. The van der Waals surface area contributed by atoms with Crippen LogP contribution in [-0.2, 0) is 28.0 Å². The lowest BCUT2D eigenvalue weighted by atomic mass is 9.86. The molecule has 2 aromatic carbocycles. The van der Waals surface area contributed by atoms with Gasteiger partial charge in [-0.05, 0) is 52.9 Å². The second kappa shape index (κ2) is 10.00. The lowest BCUT2D eigenvalue weighted by Gasteiger charge is -2.23. The van der Waals surface area contributed by atoms with Gasteiger partial charge < -0.3 is 5.11 Å². The molecule has 0 bridgehead atoms. The van der Waals surface area contributed by atoms with E-state index in [0.29, 0.717) is 11.3 Å². The number of alkyl halides is 3. The van der Waals surface area contributed by atoms with Crippen molar-refractivity contribution in [2.24, 2.45) is 0 Å². The fourth-order valence-electron chi connectivity index (χ4n) is 4.41. The van der Waals surface area contributed by atoms with E-state index in [1.54, 1.807) is 18.2 Å². The first kappa shape index (κ1) is 28.1. The molecule has 0 aliphatic carbocycles. The predicted molar refractivity (Wildman–Crippen MR) is 143 cm³/mol. The Labute approximate surface area is 224 Å². The number of aromatic nitrogens is 2. The molecule has 0 radical (unpaired) electrons. The molecule has 39 heavy (non-hydrogen) atoms. The summed E-state index contributed by atoms with van der Waals surface area (Å²) in [6, 6.07) is 14.2. The zero-order valence-electron chi connectivity index (χ0n) is 21.5. The summed E-state index contributed by atoms with van der Waals surface area (Å²) in [5.41, 5.74) is 0.792. The summed E-state index contributed by atoms with van der Waals surface area (Å²) in [5, 5.41) is 8.04. The lowest BCUT2D eigenvalue weighted by Crippen LogP contribution is -2.22. The average Bonchev–Trinajstić information content (AvgIpc) is 3.21. The topological polar surface area (TPSA) is 89.3 Å². The van der Waals surface area contributed by atoms with Gasteiger partial charge in [-0.15, -0.1) is 6.58 Å². The first-order chi connectivity index (χ1) is 18.1. The van der Waals surface area contributed by atoms with E-state index in [1.165, 1.54) is 24.3 Å². The number of fused-ring (bicyclic) bond motifs is 1.